The average Bonchev–Trinajstić information content (AvgIpc) is 2.70. The molecule has 6 heteroatoms. The zero-order valence-corrected chi connectivity index (χ0v) is 14.5. The lowest BCUT2D eigenvalue weighted by Gasteiger charge is -2.14. The Bertz CT molecular complexity index is 925. The molecule has 0 aliphatic carbocycles. The fourth-order valence-electron chi connectivity index (χ4n) is 2.51. The highest BCUT2D eigenvalue weighted by molar-refractivity contribution is 5.87. The highest BCUT2D eigenvalue weighted by Crippen LogP contribution is 2.27. The summed E-state index contributed by atoms with van der Waals surface area (Å²) in [7, 11) is 0. The molecule has 3 aromatic carbocycles. The molecule has 1 unspecified atom stereocenters. The first-order chi connectivity index (χ1) is 13.1. The van der Waals surface area contributed by atoms with Crippen LogP contribution < -0.4 is 5.32 Å². The fraction of sp³-hybridized carbons (Fsp3) is 0.0952. The predicted molar refractivity (Wildman–Crippen MR) is 102 cm³/mol. The third kappa shape index (κ3) is 4.99. The van der Waals surface area contributed by atoms with Crippen LogP contribution in [0, 0.1) is 0 Å². The average molecular weight is 361 g/mol. The van der Waals surface area contributed by atoms with Gasteiger partial charge < -0.3 is 10.2 Å². The molecule has 3 rings (SSSR count). The zero-order chi connectivity index (χ0) is 19.1. The smallest absolute Gasteiger partial charge is 0.335 e. The first-order valence-electron chi connectivity index (χ1n) is 8.43. The van der Waals surface area contributed by atoms with Crippen LogP contribution in [0.15, 0.2) is 89.1 Å². The van der Waals surface area contributed by atoms with E-state index >= 15 is 0 Å². The molecule has 0 aliphatic heterocycles. The zero-order valence-electron chi connectivity index (χ0n) is 14.5. The van der Waals surface area contributed by atoms with Crippen molar-refractivity contribution in [2.24, 2.45) is 10.2 Å². The molecule has 1 atom stereocenters. The maximum Gasteiger partial charge on any atom is 0.335 e. The van der Waals surface area contributed by atoms with Crippen LogP contribution >= 0.6 is 0 Å². The Morgan fingerprint density at radius 3 is 2.26 bits per heavy atom. The number of rotatable bonds is 7. The van der Waals surface area contributed by atoms with Crippen molar-refractivity contribution in [1.29, 1.82) is 0 Å². The molecule has 27 heavy (non-hydrogen) atoms. The second-order valence-electron chi connectivity index (χ2n) is 5.90. The quantitative estimate of drug-likeness (QED) is 0.533. The monoisotopic (exact) mass is 361 g/mol. The topological polar surface area (TPSA) is 94.3 Å². The van der Waals surface area contributed by atoms with E-state index in [0.717, 1.165) is 11.1 Å². The molecule has 6 nitrogen and oxygen atoms in total. The lowest BCUT2D eigenvalue weighted by atomic mass is 10.1. The summed E-state index contributed by atoms with van der Waals surface area (Å²) in [5, 5.41) is 30.7. The molecular formula is C21H19N3O3. The molecule has 3 aromatic rings. The summed E-state index contributed by atoms with van der Waals surface area (Å²) in [4.78, 5) is 11.1. The Kier molecular flexibility index (Phi) is 5.91. The molecule has 0 radical (unpaired) electrons. The number of nitrogens with zero attached hydrogens (tertiary/aromatic N) is 2. The standard InChI is InChI=1S/C21H19N3O3/c25-19-9-5-4-8-18(19)23-24-20(22-14-15-6-2-1-3-7-15)16-10-12-17(13-11-16)21(26)27/h1-13,20,22,25H,14H2,(H,26,27)/b24-23+. The predicted octanol–water partition coefficient (Wildman–Crippen LogP) is 4.66. The number of para-hydroxylation sites is 1. The summed E-state index contributed by atoms with van der Waals surface area (Å²) in [5.41, 5.74) is 2.43. The van der Waals surface area contributed by atoms with Crippen molar-refractivity contribution in [3.05, 3.63) is 95.6 Å². The number of carboxylic acid groups (broad SMARTS) is 1. The molecule has 0 heterocycles. The molecule has 0 aromatic heterocycles. The van der Waals surface area contributed by atoms with Gasteiger partial charge in [-0.1, -0.05) is 54.6 Å². The van der Waals surface area contributed by atoms with Gasteiger partial charge in [-0.3, -0.25) is 5.32 Å². The van der Waals surface area contributed by atoms with Crippen molar-refractivity contribution in [3.63, 3.8) is 0 Å². The van der Waals surface area contributed by atoms with Gasteiger partial charge in [-0.2, -0.15) is 10.2 Å². The van der Waals surface area contributed by atoms with E-state index in [-0.39, 0.29) is 11.3 Å². The van der Waals surface area contributed by atoms with Crippen molar-refractivity contribution in [1.82, 2.24) is 5.32 Å². The fourth-order valence-corrected chi connectivity index (χ4v) is 2.51. The summed E-state index contributed by atoms with van der Waals surface area (Å²) in [5.74, 6) is -0.935. The second-order valence-corrected chi connectivity index (χ2v) is 5.90. The van der Waals surface area contributed by atoms with Gasteiger partial charge in [0.05, 0.1) is 5.56 Å². The van der Waals surface area contributed by atoms with Gasteiger partial charge in [0, 0.05) is 6.54 Å². The molecule has 0 fully saturated rings. The summed E-state index contributed by atoms with van der Waals surface area (Å²) < 4.78 is 0. The van der Waals surface area contributed by atoms with Crippen LogP contribution in [0.4, 0.5) is 5.69 Å². The molecule has 3 N–H and O–H groups in total. The molecule has 0 bridgehead atoms. The molecule has 0 saturated heterocycles. The molecule has 0 spiro atoms. The highest BCUT2D eigenvalue weighted by Gasteiger charge is 2.12. The number of aromatic hydroxyl groups is 1. The van der Waals surface area contributed by atoms with Crippen molar-refractivity contribution in [2.45, 2.75) is 12.7 Å². The normalized spacial score (nSPS) is 12.1. The SMILES string of the molecule is O=C(O)c1ccc(C(/N=N/c2ccccc2O)NCc2ccccc2)cc1. The van der Waals surface area contributed by atoms with Gasteiger partial charge in [0.2, 0.25) is 0 Å². The molecule has 136 valence electrons. The molecule has 0 amide bonds. The third-order valence-corrected chi connectivity index (χ3v) is 3.98. The second kappa shape index (κ2) is 8.73. The minimum atomic E-state index is -0.980. The van der Waals surface area contributed by atoms with Crippen molar-refractivity contribution in [3.8, 4) is 5.75 Å². The molecular weight excluding hydrogens is 342 g/mol. The number of phenolic OH excluding ortho intramolecular Hbond substituents is 1. The van der Waals surface area contributed by atoms with Crippen LogP contribution in [0.3, 0.4) is 0 Å². The van der Waals surface area contributed by atoms with E-state index < -0.39 is 12.1 Å². The van der Waals surface area contributed by atoms with E-state index in [1.807, 2.05) is 30.3 Å². The number of phenols is 1. The lowest BCUT2D eigenvalue weighted by molar-refractivity contribution is 0.0697. The summed E-state index contributed by atoms with van der Waals surface area (Å²) in [6, 6.07) is 23.0. The van der Waals surface area contributed by atoms with Gasteiger partial charge in [-0.25, -0.2) is 4.79 Å². The Morgan fingerprint density at radius 1 is 0.926 bits per heavy atom. The van der Waals surface area contributed by atoms with E-state index in [1.54, 1.807) is 36.4 Å². The maximum absolute atomic E-state index is 11.1. The Balaban J connectivity index is 1.83. The maximum atomic E-state index is 11.1. The van der Waals surface area contributed by atoms with Gasteiger partial charge >= 0.3 is 5.97 Å². The number of benzene rings is 3. The van der Waals surface area contributed by atoms with Gasteiger partial charge in [-0.15, -0.1) is 0 Å². The Hall–Kier alpha value is -3.51. The van der Waals surface area contributed by atoms with Gasteiger partial charge in [-0.05, 0) is 35.4 Å². The first-order valence-corrected chi connectivity index (χ1v) is 8.43. The van der Waals surface area contributed by atoms with Crippen molar-refractivity contribution in [2.75, 3.05) is 0 Å². The van der Waals surface area contributed by atoms with Crippen LogP contribution in [-0.4, -0.2) is 16.2 Å². The Morgan fingerprint density at radius 2 is 1.59 bits per heavy atom. The number of hydrogen-bond acceptors (Lipinski definition) is 5. The lowest BCUT2D eigenvalue weighted by Crippen LogP contribution is -2.19. The van der Waals surface area contributed by atoms with Crippen LogP contribution in [0.25, 0.3) is 0 Å². The van der Waals surface area contributed by atoms with Crippen molar-refractivity contribution < 1.29 is 15.0 Å². The summed E-state index contributed by atoms with van der Waals surface area (Å²) in [6.07, 6.45) is -0.493. The number of azo groups is 1. The number of hydrogen-bond donors (Lipinski definition) is 3. The van der Waals surface area contributed by atoms with Gasteiger partial charge in [0.15, 0.2) is 0 Å². The third-order valence-electron chi connectivity index (χ3n) is 3.98. The van der Waals surface area contributed by atoms with Crippen molar-refractivity contribution >= 4 is 11.7 Å². The molecule has 0 aliphatic rings. The van der Waals surface area contributed by atoms with Crippen LogP contribution in [0.5, 0.6) is 5.75 Å². The van der Waals surface area contributed by atoms with E-state index in [0.29, 0.717) is 12.2 Å². The highest BCUT2D eigenvalue weighted by atomic mass is 16.4. The number of carboxylic acids is 1. The minimum absolute atomic E-state index is 0.0456. The summed E-state index contributed by atoms with van der Waals surface area (Å²) >= 11 is 0. The van der Waals surface area contributed by atoms with Gasteiger partial charge in [0.25, 0.3) is 0 Å². The minimum Gasteiger partial charge on any atom is -0.506 e. The van der Waals surface area contributed by atoms with E-state index in [9.17, 15) is 9.90 Å². The number of aromatic carboxylic acids is 1. The van der Waals surface area contributed by atoms with Gasteiger partial charge in [0.1, 0.15) is 17.6 Å². The van der Waals surface area contributed by atoms with E-state index in [2.05, 4.69) is 15.5 Å². The van der Waals surface area contributed by atoms with Crippen LogP contribution in [0.2, 0.25) is 0 Å². The summed E-state index contributed by atoms with van der Waals surface area (Å²) in [6.45, 7) is 0.561. The van der Waals surface area contributed by atoms with Crippen LogP contribution in [-0.2, 0) is 6.54 Å². The number of carbonyl (C=O) groups is 1. The largest absolute Gasteiger partial charge is 0.506 e. The van der Waals surface area contributed by atoms with Crippen LogP contribution in [0.1, 0.15) is 27.7 Å². The first kappa shape index (κ1) is 18.3. The molecule has 0 saturated carbocycles. The number of nitrogens with one attached hydrogen (secondary N) is 1. The van der Waals surface area contributed by atoms with E-state index in [1.165, 1.54) is 12.1 Å². The Labute approximate surface area is 156 Å². The van der Waals surface area contributed by atoms with E-state index in [4.69, 9.17) is 5.11 Å².